The summed E-state index contributed by atoms with van der Waals surface area (Å²) in [6, 6.07) is 63.5. The lowest BCUT2D eigenvalue weighted by molar-refractivity contribution is 0.670. The Hall–Kier alpha value is -7.63. The van der Waals surface area contributed by atoms with Crippen molar-refractivity contribution in [2.24, 2.45) is 0 Å². The molecule has 2 aromatic heterocycles. The highest BCUT2D eigenvalue weighted by Gasteiger charge is 2.24. The van der Waals surface area contributed by atoms with Gasteiger partial charge in [0, 0.05) is 49.9 Å². The van der Waals surface area contributed by atoms with E-state index in [1.165, 1.54) is 0 Å². The number of para-hydroxylation sites is 2. The van der Waals surface area contributed by atoms with Gasteiger partial charge in [0.2, 0.25) is 0 Å². The van der Waals surface area contributed by atoms with Crippen molar-refractivity contribution in [1.82, 2.24) is 15.3 Å². The topological polar surface area (TPSA) is 74.8 Å². The van der Waals surface area contributed by atoms with E-state index in [0.29, 0.717) is 11.5 Å². The van der Waals surface area contributed by atoms with E-state index in [4.69, 9.17) is 14.4 Å². The molecule has 0 saturated heterocycles. The molecule has 0 fully saturated rings. The number of fused-ring (bicyclic) bond motifs is 4. The molecule has 3 heterocycles. The van der Waals surface area contributed by atoms with Gasteiger partial charge in [0.15, 0.2) is 5.82 Å². The van der Waals surface area contributed by atoms with Gasteiger partial charge in [-0.25, -0.2) is 9.97 Å². The van der Waals surface area contributed by atoms with Gasteiger partial charge in [-0.3, -0.25) is 5.41 Å². The van der Waals surface area contributed by atoms with Crippen molar-refractivity contribution in [2.45, 2.75) is 0 Å². The fourth-order valence-corrected chi connectivity index (χ4v) is 7.58. The summed E-state index contributed by atoms with van der Waals surface area (Å²) in [5.41, 5.74) is 14.0. The molecular weight excluding hydrogens is 685 g/mol. The fourth-order valence-electron chi connectivity index (χ4n) is 7.58. The van der Waals surface area contributed by atoms with Crippen LogP contribution in [0, 0.1) is 5.41 Å². The fraction of sp³-hybridized carbons (Fsp3) is 0. The van der Waals surface area contributed by atoms with Gasteiger partial charge in [-0.05, 0) is 41.0 Å². The van der Waals surface area contributed by atoms with Crippen LogP contribution in [0.25, 0.3) is 78.9 Å². The van der Waals surface area contributed by atoms with Gasteiger partial charge in [-0.15, -0.1) is 0 Å². The molecule has 5 nitrogen and oxygen atoms in total. The van der Waals surface area contributed by atoms with Crippen LogP contribution >= 0.6 is 0 Å². The van der Waals surface area contributed by atoms with Crippen LogP contribution in [0.3, 0.4) is 0 Å². The number of benzene rings is 7. The molecule has 0 amide bonds. The molecule has 7 aromatic carbocycles. The lowest BCUT2D eigenvalue weighted by Crippen LogP contribution is -2.20. The summed E-state index contributed by atoms with van der Waals surface area (Å²) in [6.07, 6.45) is 2.18. The number of hydrogen-bond donors (Lipinski definition) is 2. The predicted molar refractivity (Wildman–Crippen MR) is 230 cm³/mol. The first-order chi connectivity index (χ1) is 27.7. The zero-order chi connectivity index (χ0) is 37.4. The summed E-state index contributed by atoms with van der Waals surface area (Å²) in [4.78, 5) is 10.3. The Labute approximate surface area is 324 Å². The second-order valence-corrected chi connectivity index (χ2v) is 13.8. The molecule has 2 N–H and O–H groups in total. The van der Waals surface area contributed by atoms with Crippen LogP contribution < -0.4 is 5.32 Å². The smallest absolute Gasteiger partial charge is 0.160 e. The summed E-state index contributed by atoms with van der Waals surface area (Å²) in [5.74, 6) is 0.592. The lowest BCUT2D eigenvalue weighted by Gasteiger charge is -2.26. The Balaban J connectivity index is 1.08. The average molecular weight is 719 g/mol. The highest BCUT2D eigenvalue weighted by Crippen LogP contribution is 2.38. The quantitative estimate of drug-likeness (QED) is 0.161. The van der Waals surface area contributed by atoms with Crippen molar-refractivity contribution in [3.05, 3.63) is 216 Å². The minimum Gasteiger partial charge on any atom is -0.455 e. The van der Waals surface area contributed by atoms with Crippen molar-refractivity contribution in [1.29, 1.82) is 5.41 Å². The first-order valence-electron chi connectivity index (χ1n) is 18.7. The maximum absolute atomic E-state index is 9.80. The van der Waals surface area contributed by atoms with E-state index in [-0.39, 0.29) is 0 Å². The van der Waals surface area contributed by atoms with Crippen LogP contribution in [-0.2, 0) is 0 Å². The molecule has 1 aliphatic rings. The molecule has 56 heavy (non-hydrogen) atoms. The molecule has 0 unspecified atom stereocenters. The van der Waals surface area contributed by atoms with E-state index in [1.807, 2.05) is 103 Å². The van der Waals surface area contributed by atoms with Crippen molar-refractivity contribution < 1.29 is 4.42 Å². The molecule has 0 aliphatic carbocycles. The maximum Gasteiger partial charge on any atom is 0.160 e. The molecule has 10 rings (SSSR count). The van der Waals surface area contributed by atoms with Gasteiger partial charge in [-0.1, -0.05) is 170 Å². The van der Waals surface area contributed by atoms with Crippen molar-refractivity contribution in [3.8, 4) is 33.9 Å². The number of aromatic nitrogens is 2. The van der Waals surface area contributed by atoms with E-state index < -0.39 is 0 Å². The molecular formula is C51H34N4O. The standard InChI is InChI=1S/C51H34N4O/c52-48(47(35-19-8-3-9-20-35)49-39-22-11-10-21-38(39)31-43(53-49)33-15-4-1-5-16-33)36-27-29-37(30-28-36)51-54-44(34-17-6-2-7-18-34)32-45(55-51)42-25-14-24-41-40-23-12-13-26-46(40)56-50(41)42/h1-32,52-53H/b49-47-,52-48?. The summed E-state index contributed by atoms with van der Waals surface area (Å²) in [5, 5.41) is 15.7. The van der Waals surface area contributed by atoms with Gasteiger partial charge >= 0.3 is 0 Å². The predicted octanol–water partition coefficient (Wildman–Crippen LogP) is 12.4. The first kappa shape index (κ1) is 33.0. The number of nitrogens with zero attached hydrogens (tertiary/aromatic N) is 2. The first-order valence-corrected chi connectivity index (χ1v) is 18.7. The SMILES string of the molecule is N=C(/C(=C1\NC(c2ccccc2)=Cc2ccccc21)c1ccccc1)c1ccc(-c2nc(-c3ccccc3)cc(-c3cccc4c3oc3ccccc34)n2)cc1. The van der Waals surface area contributed by atoms with Crippen LogP contribution in [-0.4, -0.2) is 15.7 Å². The Morgan fingerprint density at radius 3 is 1.91 bits per heavy atom. The minimum absolute atomic E-state index is 0.408. The normalized spacial score (nSPS) is 13.2. The number of hydrogen-bond acceptors (Lipinski definition) is 5. The van der Waals surface area contributed by atoms with Crippen LogP contribution in [0.2, 0.25) is 0 Å². The number of allylic oxidation sites excluding steroid dienone is 1. The summed E-state index contributed by atoms with van der Waals surface area (Å²) in [7, 11) is 0. The van der Waals surface area contributed by atoms with E-state index in [1.54, 1.807) is 0 Å². The molecule has 264 valence electrons. The summed E-state index contributed by atoms with van der Waals surface area (Å²) < 4.78 is 6.44. The molecule has 0 atom stereocenters. The Bertz CT molecular complexity index is 2980. The zero-order valence-electron chi connectivity index (χ0n) is 30.3. The number of rotatable bonds is 7. The van der Waals surface area contributed by atoms with Gasteiger partial charge in [0.25, 0.3) is 0 Å². The molecule has 0 saturated carbocycles. The number of nitrogens with one attached hydrogen (secondary N) is 2. The lowest BCUT2D eigenvalue weighted by atomic mass is 9.88. The zero-order valence-corrected chi connectivity index (χ0v) is 30.3. The number of furan rings is 1. The van der Waals surface area contributed by atoms with E-state index >= 15 is 0 Å². The van der Waals surface area contributed by atoms with Gasteiger partial charge in [0.05, 0.1) is 22.8 Å². The minimum atomic E-state index is 0.408. The van der Waals surface area contributed by atoms with Crippen molar-refractivity contribution in [3.63, 3.8) is 0 Å². The Kier molecular flexibility index (Phi) is 8.23. The average Bonchev–Trinajstić information content (AvgIpc) is 3.66. The Morgan fingerprint density at radius 1 is 0.500 bits per heavy atom. The van der Waals surface area contributed by atoms with E-state index in [0.717, 1.165) is 94.8 Å². The van der Waals surface area contributed by atoms with E-state index in [9.17, 15) is 5.41 Å². The monoisotopic (exact) mass is 718 g/mol. The second-order valence-electron chi connectivity index (χ2n) is 13.8. The summed E-state index contributed by atoms with van der Waals surface area (Å²) >= 11 is 0. The largest absolute Gasteiger partial charge is 0.455 e. The maximum atomic E-state index is 9.80. The third kappa shape index (κ3) is 5.98. The van der Waals surface area contributed by atoms with Crippen LogP contribution in [0.15, 0.2) is 192 Å². The molecule has 9 aromatic rings. The summed E-state index contributed by atoms with van der Waals surface area (Å²) in [6.45, 7) is 0. The van der Waals surface area contributed by atoms with E-state index in [2.05, 4.69) is 96.3 Å². The molecule has 0 spiro atoms. The molecule has 0 bridgehead atoms. The highest BCUT2D eigenvalue weighted by atomic mass is 16.3. The molecule has 0 radical (unpaired) electrons. The highest BCUT2D eigenvalue weighted by molar-refractivity contribution is 6.36. The van der Waals surface area contributed by atoms with Crippen LogP contribution in [0.1, 0.15) is 27.8 Å². The Morgan fingerprint density at radius 2 is 1.12 bits per heavy atom. The third-order valence-electron chi connectivity index (χ3n) is 10.3. The molecule has 1 aliphatic heterocycles. The second kappa shape index (κ2) is 14.0. The third-order valence-corrected chi connectivity index (χ3v) is 10.3. The van der Waals surface area contributed by atoms with Crippen LogP contribution in [0.4, 0.5) is 0 Å². The van der Waals surface area contributed by atoms with Gasteiger partial charge in [-0.2, -0.15) is 0 Å². The van der Waals surface area contributed by atoms with Gasteiger partial charge < -0.3 is 9.73 Å². The van der Waals surface area contributed by atoms with Crippen molar-refractivity contribution >= 4 is 50.7 Å². The molecule has 5 heteroatoms. The van der Waals surface area contributed by atoms with Crippen molar-refractivity contribution in [2.75, 3.05) is 0 Å². The van der Waals surface area contributed by atoms with Gasteiger partial charge in [0.1, 0.15) is 11.2 Å². The van der Waals surface area contributed by atoms with Crippen LogP contribution in [0.5, 0.6) is 0 Å².